The normalized spacial score (nSPS) is 14.5. The molecule has 1 aliphatic carbocycles. The molecule has 0 N–H and O–H groups in total. The third kappa shape index (κ3) is 2.05. The maximum Gasteiger partial charge on any atom is 0.227 e. The van der Waals surface area contributed by atoms with Gasteiger partial charge in [-0.3, -0.25) is 0 Å². The highest BCUT2D eigenvalue weighted by Gasteiger charge is 2.35. The minimum atomic E-state index is -0.0193. The first kappa shape index (κ1) is 14.9. The highest BCUT2D eigenvalue weighted by molar-refractivity contribution is 9.10. The first-order valence-corrected chi connectivity index (χ1v) is 9.15. The molecule has 0 aliphatic heterocycles. The maximum absolute atomic E-state index is 6.03. The van der Waals surface area contributed by atoms with Crippen LogP contribution in [0.15, 0.2) is 69.6 Å². The molecular weight excluding hydrogens is 374 g/mol. The van der Waals surface area contributed by atoms with Crippen molar-refractivity contribution in [3.8, 4) is 22.6 Å². The molecule has 0 saturated carbocycles. The van der Waals surface area contributed by atoms with E-state index in [1.54, 1.807) is 0 Å². The zero-order chi connectivity index (χ0) is 17.2. The highest BCUT2D eigenvalue weighted by atomic mass is 79.9. The zero-order valence-electron chi connectivity index (χ0n) is 14.0. The Morgan fingerprint density at radius 1 is 0.880 bits per heavy atom. The van der Waals surface area contributed by atoms with Crippen molar-refractivity contribution >= 4 is 27.0 Å². The van der Waals surface area contributed by atoms with Crippen LogP contribution in [0.2, 0.25) is 0 Å². The van der Waals surface area contributed by atoms with Crippen molar-refractivity contribution < 1.29 is 4.42 Å². The molecule has 122 valence electrons. The molecule has 1 aromatic heterocycles. The van der Waals surface area contributed by atoms with E-state index in [1.165, 1.54) is 22.3 Å². The van der Waals surface area contributed by atoms with E-state index in [1.807, 2.05) is 18.2 Å². The van der Waals surface area contributed by atoms with Crippen LogP contribution < -0.4 is 0 Å². The van der Waals surface area contributed by atoms with Gasteiger partial charge >= 0.3 is 0 Å². The van der Waals surface area contributed by atoms with Crippen LogP contribution in [0.1, 0.15) is 25.0 Å². The van der Waals surface area contributed by atoms with E-state index in [-0.39, 0.29) is 5.41 Å². The molecule has 0 unspecified atom stereocenters. The first-order valence-electron chi connectivity index (χ1n) is 8.35. The average molecular weight is 390 g/mol. The first-order chi connectivity index (χ1) is 12.1. The van der Waals surface area contributed by atoms with E-state index in [9.17, 15) is 0 Å². The van der Waals surface area contributed by atoms with Crippen molar-refractivity contribution in [2.45, 2.75) is 19.3 Å². The second kappa shape index (κ2) is 5.06. The summed E-state index contributed by atoms with van der Waals surface area (Å²) in [5.74, 6) is 0.663. The van der Waals surface area contributed by atoms with E-state index in [0.717, 1.165) is 21.1 Å². The Balaban J connectivity index is 1.71. The number of halogens is 1. The lowest BCUT2D eigenvalue weighted by molar-refractivity contribution is 0.617. The molecule has 0 saturated heterocycles. The Morgan fingerprint density at radius 3 is 2.52 bits per heavy atom. The number of hydrogen-bond acceptors (Lipinski definition) is 2. The van der Waals surface area contributed by atoms with Crippen LogP contribution >= 0.6 is 15.9 Å². The van der Waals surface area contributed by atoms with Crippen molar-refractivity contribution in [1.82, 2.24) is 4.98 Å². The summed E-state index contributed by atoms with van der Waals surface area (Å²) in [6, 6.07) is 21.1. The van der Waals surface area contributed by atoms with Crippen LogP contribution in [-0.2, 0) is 5.41 Å². The molecule has 3 heteroatoms. The third-order valence-corrected chi connectivity index (χ3v) is 5.82. The maximum atomic E-state index is 6.03. The van der Waals surface area contributed by atoms with E-state index in [0.29, 0.717) is 5.89 Å². The largest absolute Gasteiger partial charge is 0.435 e. The van der Waals surface area contributed by atoms with Gasteiger partial charge in [-0.25, -0.2) is 4.98 Å². The molecule has 0 spiro atoms. The smallest absolute Gasteiger partial charge is 0.227 e. The van der Waals surface area contributed by atoms with Gasteiger partial charge in [-0.2, -0.15) is 0 Å². The number of aromatic nitrogens is 1. The summed E-state index contributed by atoms with van der Waals surface area (Å²) in [7, 11) is 0. The van der Waals surface area contributed by atoms with Crippen LogP contribution in [0.25, 0.3) is 33.7 Å². The third-order valence-electron chi connectivity index (χ3n) is 5.20. The number of oxazole rings is 1. The summed E-state index contributed by atoms with van der Waals surface area (Å²) in [5.41, 5.74) is 8.00. The second-order valence-corrected chi connectivity index (χ2v) is 7.89. The number of rotatable bonds is 1. The van der Waals surface area contributed by atoms with Crippen LogP contribution in [0.4, 0.5) is 0 Å². The summed E-state index contributed by atoms with van der Waals surface area (Å²) in [5, 5.41) is 0. The molecule has 0 bridgehead atoms. The van der Waals surface area contributed by atoms with Crippen molar-refractivity contribution in [1.29, 1.82) is 0 Å². The fourth-order valence-corrected chi connectivity index (χ4v) is 4.31. The van der Waals surface area contributed by atoms with E-state index in [4.69, 9.17) is 4.42 Å². The number of nitrogens with zero attached hydrogens (tertiary/aromatic N) is 1. The molecule has 3 aromatic carbocycles. The molecule has 1 heterocycles. The molecule has 5 rings (SSSR count). The van der Waals surface area contributed by atoms with Gasteiger partial charge in [-0.05, 0) is 62.4 Å². The molecule has 25 heavy (non-hydrogen) atoms. The Hall–Kier alpha value is -2.39. The Labute approximate surface area is 154 Å². The molecule has 4 aromatic rings. The predicted octanol–water partition coefficient (Wildman–Crippen LogP) is 6.56. The van der Waals surface area contributed by atoms with Crippen LogP contribution in [0, 0.1) is 0 Å². The lowest BCUT2D eigenvalue weighted by Crippen LogP contribution is -2.14. The Morgan fingerprint density at radius 2 is 1.68 bits per heavy atom. The van der Waals surface area contributed by atoms with Crippen molar-refractivity contribution in [3.05, 3.63) is 76.3 Å². The topological polar surface area (TPSA) is 26.0 Å². The van der Waals surface area contributed by atoms with Gasteiger partial charge in [0.05, 0.1) is 4.47 Å². The molecule has 0 atom stereocenters. The standard InChI is InChI=1S/C22H16BrNO/c1-22(2)16-7-4-3-6-14(16)15-11-10-13(12-17(15)22)21-24-19-9-5-8-18(23)20(19)25-21/h3-12H,1-2H3. The van der Waals surface area contributed by atoms with Gasteiger partial charge in [0.15, 0.2) is 5.58 Å². The van der Waals surface area contributed by atoms with Gasteiger partial charge in [0.2, 0.25) is 5.89 Å². The molecule has 0 fully saturated rings. The van der Waals surface area contributed by atoms with Gasteiger partial charge in [0, 0.05) is 11.0 Å². The number of hydrogen-bond donors (Lipinski definition) is 0. The summed E-state index contributed by atoms with van der Waals surface area (Å²) >= 11 is 3.54. The van der Waals surface area contributed by atoms with Crippen molar-refractivity contribution in [2.75, 3.05) is 0 Å². The van der Waals surface area contributed by atoms with Gasteiger partial charge in [-0.15, -0.1) is 0 Å². The van der Waals surface area contributed by atoms with Gasteiger partial charge in [0.1, 0.15) is 5.52 Å². The van der Waals surface area contributed by atoms with Gasteiger partial charge in [0.25, 0.3) is 0 Å². The lowest BCUT2D eigenvalue weighted by atomic mass is 9.82. The minimum absolute atomic E-state index is 0.0193. The fourth-order valence-electron chi connectivity index (χ4n) is 3.88. The summed E-state index contributed by atoms with van der Waals surface area (Å²) < 4.78 is 6.96. The molecule has 1 aliphatic rings. The van der Waals surface area contributed by atoms with Crippen molar-refractivity contribution in [2.24, 2.45) is 0 Å². The second-order valence-electron chi connectivity index (χ2n) is 7.04. The van der Waals surface area contributed by atoms with E-state index in [2.05, 4.69) is 77.2 Å². The number of benzene rings is 3. The number of para-hydroxylation sites is 1. The molecular formula is C22H16BrNO. The van der Waals surface area contributed by atoms with Gasteiger partial charge < -0.3 is 4.42 Å². The van der Waals surface area contributed by atoms with Crippen LogP contribution in [0.5, 0.6) is 0 Å². The summed E-state index contributed by atoms with van der Waals surface area (Å²) in [6.07, 6.45) is 0. The molecule has 2 nitrogen and oxygen atoms in total. The van der Waals surface area contributed by atoms with Crippen LogP contribution in [0.3, 0.4) is 0 Å². The van der Waals surface area contributed by atoms with Gasteiger partial charge in [-0.1, -0.05) is 50.2 Å². The fraction of sp³-hybridized carbons (Fsp3) is 0.136. The molecule has 0 radical (unpaired) electrons. The Kier molecular flexibility index (Phi) is 3.02. The highest BCUT2D eigenvalue weighted by Crippen LogP contribution is 2.49. The predicted molar refractivity (Wildman–Crippen MR) is 105 cm³/mol. The Bertz CT molecular complexity index is 1140. The van der Waals surface area contributed by atoms with Crippen LogP contribution in [-0.4, -0.2) is 4.98 Å². The monoisotopic (exact) mass is 389 g/mol. The summed E-state index contributed by atoms with van der Waals surface area (Å²) in [6.45, 7) is 4.56. The molecule has 0 amide bonds. The minimum Gasteiger partial charge on any atom is -0.435 e. The number of fused-ring (bicyclic) bond motifs is 4. The van der Waals surface area contributed by atoms with E-state index >= 15 is 0 Å². The lowest BCUT2D eigenvalue weighted by Gasteiger charge is -2.21. The SMILES string of the molecule is CC1(C)c2ccccc2-c2ccc(-c3nc4cccc(Br)c4o3)cc21. The van der Waals surface area contributed by atoms with Crippen molar-refractivity contribution in [3.63, 3.8) is 0 Å². The van der Waals surface area contributed by atoms with E-state index < -0.39 is 0 Å². The summed E-state index contributed by atoms with van der Waals surface area (Å²) in [4.78, 5) is 4.67. The zero-order valence-corrected chi connectivity index (χ0v) is 15.6. The quantitative estimate of drug-likeness (QED) is 0.368. The average Bonchev–Trinajstić information content (AvgIpc) is 3.15.